The molecule has 4 heterocycles. The highest BCUT2D eigenvalue weighted by Crippen LogP contribution is 2.58. The number of esters is 1. The predicted octanol–water partition coefficient (Wildman–Crippen LogP) is 8.82. The number of nitrogens with one attached hydrogen (secondary N) is 1. The minimum Gasteiger partial charge on any atom is -0.491 e. The fourth-order valence-corrected chi connectivity index (χ4v) is 10.7. The fraction of sp³-hybridized carbons (Fsp3) is 0.569. The molecule has 0 spiro atoms. The van der Waals surface area contributed by atoms with Crippen molar-refractivity contribution < 1.29 is 59.7 Å². The maximum Gasteiger partial charge on any atom is 0.427 e. The minimum atomic E-state index is -4.89. The second kappa shape index (κ2) is 19.7. The van der Waals surface area contributed by atoms with Gasteiger partial charge in [0.2, 0.25) is 33.3 Å². The maximum absolute atomic E-state index is 15.1. The summed E-state index contributed by atoms with van der Waals surface area (Å²) in [5.74, 6) is -4.07. The molecule has 2 aliphatic heterocycles. The molecule has 7 rings (SSSR count). The number of amides is 2. The Balaban J connectivity index is 1.26. The van der Waals surface area contributed by atoms with Gasteiger partial charge in [0.25, 0.3) is 0 Å². The van der Waals surface area contributed by atoms with Crippen molar-refractivity contribution in [2.45, 2.75) is 141 Å². The highest BCUT2D eigenvalue weighted by molar-refractivity contribution is 7.91. The summed E-state index contributed by atoms with van der Waals surface area (Å²) >= 11 is 0. The third-order valence-corrected chi connectivity index (χ3v) is 16.2. The monoisotopic (exact) mass is 980 g/mol. The molecule has 1 N–H and O–H groups in total. The molecule has 2 amide bonds. The summed E-state index contributed by atoms with van der Waals surface area (Å²) in [5, 5.41) is 0. The fourth-order valence-electron chi connectivity index (χ4n) is 9.34. The van der Waals surface area contributed by atoms with Crippen molar-refractivity contribution in [2.75, 3.05) is 13.7 Å². The van der Waals surface area contributed by atoms with E-state index in [4.69, 9.17) is 23.9 Å². The van der Waals surface area contributed by atoms with Crippen LogP contribution in [-0.2, 0) is 33.9 Å². The molecule has 69 heavy (non-hydrogen) atoms. The van der Waals surface area contributed by atoms with Crippen LogP contribution in [0, 0.1) is 29.1 Å². The van der Waals surface area contributed by atoms with Crippen LogP contribution in [0.4, 0.5) is 13.2 Å². The summed E-state index contributed by atoms with van der Waals surface area (Å²) in [6.45, 7) is 10.5. The Morgan fingerprint density at radius 1 is 0.957 bits per heavy atom. The number of hydrogen-bond acceptors (Lipinski definition) is 12. The van der Waals surface area contributed by atoms with Crippen molar-refractivity contribution in [1.82, 2.24) is 19.6 Å². The van der Waals surface area contributed by atoms with Crippen molar-refractivity contribution in [3.8, 4) is 40.0 Å². The summed E-state index contributed by atoms with van der Waals surface area (Å²) in [4.78, 5) is 68.5. The standard InChI is InChI=1S/C51H63F3N4O10S/c1-30(2)66-35-18-16-33(17-19-35)40-23-36(24-41(55-40)39-14-11-15-44(56-39)65-8)67-37-25-42-43(59)28-50(47(62)57-69(63,64)49(7)20-21-49)27-34(50)13-10-9-12-31(3)22-32(4)38(46(61)58(42)29-37)26-45(60)68-48(5,6)51(52,53)54/h10-11,13-19,23-24,30-32,34,37-38,42H,9,12,20-22,25-29H2,1-8H3,(H,57,62)/b13-10-/t31-,32-,34-,37-,38+,42+,50-/m1/s1. The molecule has 7 atom stereocenters. The smallest absolute Gasteiger partial charge is 0.427 e. The van der Waals surface area contributed by atoms with Gasteiger partial charge < -0.3 is 23.8 Å². The molecule has 0 radical (unpaired) electrons. The number of allylic oxidation sites excluding steroid dienone is 2. The second-order valence-electron chi connectivity index (χ2n) is 20.4. The molecule has 2 aromatic heterocycles. The van der Waals surface area contributed by atoms with E-state index < -0.39 is 98.3 Å². The summed E-state index contributed by atoms with van der Waals surface area (Å²) in [6.07, 6.45) is -0.552. The number of halogens is 3. The third-order valence-electron chi connectivity index (χ3n) is 14.1. The summed E-state index contributed by atoms with van der Waals surface area (Å²) in [6, 6.07) is 14.7. The summed E-state index contributed by atoms with van der Waals surface area (Å²) in [5.41, 5.74) is -2.16. The Bertz CT molecular complexity index is 2560. The molecule has 2 aliphatic carbocycles. The van der Waals surface area contributed by atoms with Crippen molar-refractivity contribution >= 4 is 33.6 Å². The number of methoxy groups -OCH3 is 1. The molecule has 0 unspecified atom stereocenters. The topological polar surface area (TPSA) is 180 Å². The Kier molecular flexibility index (Phi) is 14.7. The molecule has 2 saturated carbocycles. The Hall–Kier alpha value is -5.52. The highest BCUT2D eigenvalue weighted by Gasteiger charge is 2.63. The first-order chi connectivity index (χ1) is 32.3. The highest BCUT2D eigenvalue weighted by atomic mass is 32.2. The number of hydrogen-bond donors (Lipinski definition) is 1. The van der Waals surface area contributed by atoms with Gasteiger partial charge in [-0.15, -0.1) is 0 Å². The van der Waals surface area contributed by atoms with Crippen LogP contribution in [0.2, 0.25) is 0 Å². The lowest BCUT2D eigenvalue weighted by Crippen LogP contribution is -2.48. The number of benzene rings is 1. The number of ether oxygens (including phenoxy) is 4. The quantitative estimate of drug-likeness (QED) is 0.127. The number of alkyl halides is 3. The maximum atomic E-state index is 15.1. The lowest BCUT2D eigenvalue weighted by molar-refractivity contribution is -0.257. The van der Waals surface area contributed by atoms with Gasteiger partial charge in [-0.2, -0.15) is 13.2 Å². The average Bonchev–Trinajstić information content (AvgIpc) is 4.16. The number of nitrogens with zero attached hydrogens (tertiary/aromatic N) is 3. The number of aromatic nitrogens is 2. The van der Waals surface area contributed by atoms with Gasteiger partial charge in [-0.1, -0.05) is 32.1 Å². The van der Waals surface area contributed by atoms with E-state index in [2.05, 4.69) is 9.71 Å². The van der Waals surface area contributed by atoms with Crippen LogP contribution in [0.15, 0.2) is 66.7 Å². The van der Waals surface area contributed by atoms with Crippen LogP contribution < -0.4 is 18.9 Å². The molecule has 3 fully saturated rings. The molecule has 374 valence electrons. The van der Waals surface area contributed by atoms with Gasteiger partial charge in [0.15, 0.2) is 5.78 Å². The molecule has 18 heteroatoms. The van der Waals surface area contributed by atoms with Crippen molar-refractivity contribution in [3.63, 3.8) is 0 Å². The predicted molar refractivity (Wildman–Crippen MR) is 250 cm³/mol. The van der Waals surface area contributed by atoms with Crippen molar-refractivity contribution in [1.29, 1.82) is 0 Å². The molecular weight excluding hydrogens is 918 g/mol. The third kappa shape index (κ3) is 11.6. The number of sulfonamides is 1. The zero-order valence-corrected chi connectivity index (χ0v) is 41.2. The first-order valence-corrected chi connectivity index (χ1v) is 25.1. The number of rotatable bonds is 13. The van der Waals surface area contributed by atoms with E-state index in [9.17, 15) is 36.0 Å². The Morgan fingerprint density at radius 3 is 2.30 bits per heavy atom. The van der Waals surface area contributed by atoms with Crippen LogP contribution in [0.1, 0.15) is 106 Å². The number of pyridine rings is 2. The molecule has 1 saturated heterocycles. The lowest BCUT2D eigenvalue weighted by atomic mass is 9.82. The van der Waals surface area contributed by atoms with E-state index in [-0.39, 0.29) is 31.4 Å². The van der Waals surface area contributed by atoms with Gasteiger partial charge in [0.1, 0.15) is 17.6 Å². The van der Waals surface area contributed by atoms with Crippen molar-refractivity contribution in [2.24, 2.45) is 29.1 Å². The molecule has 14 nitrogen and oxygen atoms in total. The summed E-state index contributed by atoms with van der Waals surface area (Å²) in [7, 11) is -2.58. The molecule has 3 aromatic rings. The van der Waals surface area contributed by atoms with Crippen LogP contribution in [0.25, 0.3) is 22.6 Å². The van der Waals surface area contributed by atoms with Gasteiger partial charge >= 0.3 is 12.1 Å². The molecular formula is C51H63F3N4O10S. The van der Waals surface area contributed by atoms with Crippen LogP contribution in [0.5, 0.6) is 17.4 Å². The van der Waals surface area contributed by atoms with E-state index >= 15 is 4.79 Å². The van der Waals surface area contributed by atoms with Crippen LogP contribution in [0.3, 0.4) is 0 Å². The number of carbonyl (C=O) groups excluding carboxylic acids is 4. The number of fused-ring (bicyclic) bond motifs is 2. The van der Waals surface area contributed by atoms with E-state index in [0.717, 1.165) is 13.8 Å². The Labute approximate surface area is 402 Å². The SMILES string of the molecule is COc1cccc(-c2cc(O[C@@H]3C[C@H]4C(=O)C[C@]5(C(=O)NS(=O)(=O)C6(C)CC6)C[C@H]5/C=C\CC[C@@H](C)C[C@@H](C)[C@H](CC(=O)OC(C)(C)C(F)(F)F)C(=O)N4C3)cc(-c3ccc(OC(C)C)cc3)n2)n1. The normalized spacial score (nSPS) is 26.7. The van der Waals surface area contributed by atoms with Gasteiger partial charge in [-0.25, -0.2) is 18.4 Å². The van der Waals surface area contributed by atoms with Gasteiger partial charge in [-0.05, 0) is 121 Å². The van der Waals surface area contributed by atoms with Crippen LogP contribution in [-0.4, -0.2) is 95.3 Å². The van der Waals surface area contributed by atoms with E-state index in [1.807, 2.05) is 57.2 Å². The first-order valence-electron chi connectivity index (χ1n) is 23.7. The van der Waals surface area contributed by atoms with Gasteiger partial charge in [0, 0.05) is 36.6 Å². The minimum absolute atomic E-state index is 0.00965. The van der Waals surface area contributed by atoms with Crippen molar-refractivity contribution in [3.05, 3.63) is 66.7 Å². The largest absolute Gasteiger partial charge is 0.491 e. The summed E-state index contributed by atoms with van der Waals surface area (Å²) < 4.78 is 92.7. The zero-order chi connectivity index (χ0) is 50.3. The van der Waals surface area contributed by atoms with E-state index in [1.165, 1.54) is 12.0 Å². The average molecular weight is 981 g/mol. The van der Waals surface area contributed by atoms with Crippen LogP contribution >= 0.6 is 0 Å². The lowest BCUT2D eigenvalue weighted by Gasteiger charge is -2.33. The zero-order valence-electron chi connectivity index (χ0n) is 40.4. The first kappa shape index (κ1) is 51.3. The number of Topliss-reactive ketones (excluding diaryl/α,β-unsaturated/α-hetero) is 1. The Morgan fingerprint density at radius 2 is 1.65 bits per heavy atom. The number of ketones is 1. The van der Waals surface area contributed by atoms with E-state index in [1.54, 1.807) is 44.2 Å². The van der Waals surface area contributed by atoms with Gasteiger partial charge in [0.05, 0.1) is 65.4 Å². The van der Waals surface area contributed by atoms with Gasteiger partial charge in [-0.3, -0.25) is 23.9 Å². The molecule has 4 aliphatic rings. The number of carbonyl (C=O) groups is 4. The molecule has 1 aromatic carbocycles. The van der Waals surface area contributed by atoms with E-state index in [0.29, 0.717) is 72.1 Å². The molecule has 0 bridgehead atoms. The second-order valence-corrected chi connectivity index (χ2v) is 22.6.